The molecule has 0 aromatic heterocycles. The molecule has 0 aliphatic rings. The minimum absolute atomic E-state index is 0. The van der Waals surface area contributed by atoms with E-state index in [2.05, 4.69) is 31.3 Å². The first kappa shape index (κ1) is 18.9. The zero-order valence-corrected chi connectivity index (χ0v) is 13.7. The van der Waals surface area contributed by atoms with Gasteiger partial charge in [-0.15, -0.1) is 12.4 Å². The molecule has 1 aromatic rings. The van der Waals surface area contributed by atoms with Crippen molar-refractivity contribution in [2.45, 2.75) is 32.7 Å². The summed E-state index contributed by atoms with van der Waals surface area (Å²) in [4.78, 5) is 14.1. The number of nitrogens with zero attached hydrogens (tertiary/aromatic N) is 1. The number of nitrogens with one attached hydrogen (secondary N) is 1. The maximum Gasteiger partial charge on any atom is 0.222 e. The molecule has 1 amide bonds. The number of carbonyl (C=O) groups excluding carboxylic acids is 1. The van der Waals surface area contributed by atoms with Gasteiger partial charge in [-0.05, 0) is 31.5 Å². The van der Waals surface area contributed by atoms with Crippen LogP contribution in [0.15, 0.2) is 30.3 Å². The number of hydrogen-bond donors (Lipinski definition) is 1. The lowest BCUT2D eigenvalue weighted by Gasteiger charge is -2.32. The number of rotatable bonds is 7. The normalized spacial score (nSPS) is 11.8. The van der Waals surface area contributed by atoms with Crippen LogP contribution >= 0.6 is 12.4 Å². The maximum atomic E-state index is 12.2. The molecule has 114 valence electrons. The summed E-state index contributed by atoms with van der Waals surface area (Å²) in [6.45, 7) is 5.21. The number of carbonyl (C=O) groups is 1. The standard InChI is InChI=1S/C16H26N2O.ClH/c1-13(2)16(14-9-6-5-7-10-14)18(4)15(19)11-8-12-17-3;/h5-7,9-10,13,16-17H,8,11-12H2,1-4H3;1H. The quantitative estimate of drug-likeness (QED) is 0.784. The Morgan fingerprint density at radius 3 is 2.35 bits per heavy atom. The molecule has 0 bridgehead atoms. The number of halogens is 1. The van der Waals surface area contributed by atoms with Crippen LogP contribution in [0.1, 0.15) is 38.3 Å². The SMILES string of the molecule is CNCCCC(=O)N(C)C(c1ccccc1)C(C)C.Cl. The molecule has 0 radical (unpaired) electrons. The summed E-state index contributed by atoms with van der Waals surface area (Å²) in [5.41, 5.74) is 1.21. The van der Waals surface area contributed by atoms with Gasteiger partial charge in [-0.1, -0.05) is 44.2 Å². The van der Waals surface area contributed by atoms with E-state index < -0.39 is 0 Å². The second kappa shape index (κ2) is 9.78. The van der Waals surface area contributed by atoms with E-state index >= 15 is 0 Å². The van der Waals surface area contributed by atoms with Gasteiger partial charge in [0.1, 0.15) is 0 Å². The Morgan fingerprint density at radius 1 is 1.25 bits per heavy atom. The first-order valence-electron chi connectivity index (χ1n) is 7.03. The summed E-state index contributed by atoms with van der Waals surface area (Å²) in [6.07, 6.45) is 1.49. The second-order valence-corrected chi connectivity index (χ2v) is 5.31. The van der Waals surface area contributed by atoms with E-state index in [0.717, 1.165) is 13.0 Å². The molecule has 0 fully saturated rings. The Balaban J connectivity index is 0.00000361. The molecule has 1 aromatic carbocycles. The lowest BCUT2D eigenvalue weighted by molar-refractivity contribution is -0.133. The average Bonchev–Trinajstić information content (AvgIpc) is 2.39. The molecule has 4 heteroatoms. The van der Waals surface area contributed by atoms with Gasteiger partial charge >= 0.3 is 0 Å². The highest BCUT2D eigenvalue weighted by molar-refractivity contribution is 5.85. The van der Waals surface area contributed by atoms with E-state index in [9.17, 15) is 4.79 Å². The van der Waals surface area contributed by atoms with Gasteiger partial charge in [0.25, 0.3) is 0 Å². The van der Waals surface area contributed by atoms with Gasteiger partial charge in [0.15, 0.2) is 0 Å². The first-order chi connectivity index (χ1) is 9.07. The number of amides is 1. The fourth-order valence-corrected chi connectivity index (χ4v) is 2.45. The van der Waals surface area contributed by atoms with Crippen LogP contribution in [0.3, 0.4) is 0 Å². The van der Waals surface area contributed by atoms with Crippen LogP contribution in [0.25, 0.3) is 0 Å². The Morgan fingerprint density at radius 2 is 1.85 bits per heavy atom. The van der Waals surface area contributed by atoms with Crippen molar-refractivity contribution in [3.8, 4) is 0 Å². The first-order valence-corrected chi connectivity index (χ1v) is 7.03. The molecule has 0 aliphatic heterocycles. The third-order valence-electron chi connectivity index (χ3n) is 3.40. The second-order valence-electron chi connectivity index (χ2n) is 5.31. The molecule has 1 rings (SSSR count). The molecule has 1 atom stereocenters. The van der Waals surface area contributed by atoms with Crippen molar-refractivity contribution in [1.29, 1.82) is 0 Å². The van der Waals surface area contributed by atoms with Crippen molar-refractivity contribution in [1.82, 2.24) is 10.2 Å². The summed E-state index contributed by atoms with van der Waals surface area (Å²) >= 11 is 0. The van der Waals surface area contributed by atoms with Gasteiger partial charge in [0.05, 0.1) is 6.04 Å². The van der Waals surface area contributed by atoms with Crippen molar-refractivity contribution >= 4 is 18.3 Å². The minimum atomic E-state index is 0. The van der Waals surface area contributed by atoms with Crippen LogP contribution < -0.4 is 5.32 Å². The minimum Gasteiger partial charge on any atom is -0.338 e. The molecule has 20 heavy (non-hydrogen) atoms. The lowest BCUT2D eigenvalue weighted by atomic mass is 9.94. The van der Waals surface area contributed by atoms with E-state index in [1.165, 1.54) is 5.56 Å². The monoisotopic (exact) mass is 298 g/mol. The molecular weight excluding hydrogens is 272 g/mol. The van der Waals surface area contributed by atoms with Crippen LogP contribution in [0, 0.1) is 5.92 Å². The summed E-state index contributed by atoms with van der Waals surface area (Å²) in [7, 11) is 3.83. The van der Waals surface area contributed by atoms with Gasteiger partial charge in [0, 0.05) is 13.5 Å². The third kappa shape index (κ3) is 5.51. The lowest BCUT2D eigenvalue weighted by Crippen LogP contribution is -2.34. The average molecular weight is 299 g/mol. The molecule has 0 saturated carbocycles. The molecule has 0 aliphatic carbocycles. The molecule has 0 saturated heterocycles. The molecule has 3 nitrogen and oxygen atoms in total. The predicted molar refractivity (Wildman–Crippen MR) is 87.2 cm³/mol. The van der Waals surface area contributed by atoms with Crippen molar-refractivity contribution in [3.63, 3.8) is 0 Å². The summed E-state index contributed by atoms with van der Waals surface area (Å²) in [5, 5.41) is 3.07. The highest BCUT2D eigenvalue weighted by Gasteiger charge is 2.23. The smallest absolute Gasteiger partial charge is 0.222 e. The van der Waals surface area contributed by atoms with Gasteiger partial charge in [-0.2, -0.15) is 0 Å². The Kier molecular flexibility index (Phi) is 9.26. The van der Waals surface area contributed by atoms with Gasteiger partial charge < -0.3 is 10.2 Å². The van der Waals surface area contributed by atoms with E-state index in [1.54, 1.807) is 0 Å². The summed E-state index contributed by atoms with van der Waals surface area (Å²) < 4.78 is 0. The van der Waals surface area contributed by atoms with Gasteiger partial charge in [-0.3, -0.25) is 4.79 Å². The zero-order chi connectivity index (χ0) is 14.3. The fourth-order valence-electron chi connectivity index (χ4n) is 2.45. The predicted octanol–water partition coefficient (Wildman–Crippen LogP) is 3.26. The fraction of sp³-hybridized carbons (Fsp3) is 0.562. The number of hydrogen-bond acceptors (Lipinski definition) is 2. The van der Waals surface area contributed by atoms with Crippen LogP contribution in [0.2, 0.25) is 0 Å². The Bertz CT molecular complexity index is 381. The van der Waals surface area contributed by atoms with Gasteiger partial charge in [0.2, 0.25) is 5.91 Å². The van der Waals surface area contributed by atoms with Crippen LogP contribution in [-0.4, -0.2) is 31.4 Å². The van der Waals surface area contributed by atoms with E-state index in [1.807, 2.05) is 37.2 Å². The van der Waals surface area contributed by atoms with Crippen molar-refractivity contribution in [3.05, 3.63) is 35.9 Å². The van der Waals surface area contributed by atoms with Crippen molar-refractivity contribution in [2.24, 2.45) is 5.92 Å². The Labute approximate surface area is 129 Å². The molecule has 1 N–H and O–H groups in total. The van der Waals surface area contributed by atoms with Crippen LogP contribution in [0.4, 0.5) is 0 Å². The van der Waals surface area contributed by atoms with Crippen molar-refractivity contribution in [2.75, 3.05) is 20.6 Å². The summed E-state index contributed by atoms with van der Waals surface area (Å²) in [5.74, 6) is 0.624. The highest BCUT2D eigenvalue weighted by Crippen LogP contribution is 2.27. The highest BCUT2D eigenvalue weighted by atomic mass is 35.5. The number of benzene rings is 1. The van der Waals surface area contributed by atoms with Crippen LogP contribution in [-0.2, 0) is 4.79 Å². The molecule has 0 heterocycles. The Hall–Kier alpha value is -1.06. The zero-order valence-electron chi connectivity index (χ0n) is 12.9. The van der Waals surface area contributed by atoms with Crippen LogP contribution in [0.5, 0.6) is 0 Å². The molecular formula is C16H27ClN2O. The van der Waals surface area contributed by atoms with E-state index in [-0.39, 0.29) is 24.4 Å². The summed E-state index contributed by atoms with van der Waals surface area (Å²) in [6, 6.07) is 10.4. The molecule has 1 unspecified atom stereocenters. The topological polar surface area (TPSA) is 32.3 Å². The maximum absolute atomic E-state index is 12.2. The largest absolute Gasteiger partial charge is 0.338 e. The van der Waals surface area contributed by atoms with E-state index in [4.69, 9.17) is 0 Å². The van der Waals surface area contributed by atoms with Crippen molar-refractivity contribution < 1.29 is 4.79 Å². The van der Waals surface area contributed by atoms with E-state index in [0.29, 0.717) is 12.3 Å². The molecule has 0 spiro atoms. The third-order valence-corrected chi connectivity index (χ3v) is 3.40. The van der Waals surface area contributed by atoms with Gasteiger partial charge in [-0.25, -0.2) is 0 Å².